The molecule has 0 N–H and O–H groups in total. The van der Waals surface area contributed by atoms with Crippen molar-refractivity contribution in [1.29, 1.82) is 0 Å². The number of benzene rings is 2. The van der Waals surface area contributed by atoms with E-state index in [9.17, 15) is 8.42 Å². The number of ether oxygens (including phenoxy) is 1. The minimum atomic E-state index is -3.47. The van der Waals surface area contributed by atoms with Gasteiger partial charge in [-0.2, -0.15) is 4.31 Å². The van der Waals surface area contributed by atoms with E-state index < -0.39 is 10.0 Å². The zero-order chi connectivity index (χ0) is 16.3. The molecule has 0 radical (unpaired) electrons. The molecule has 0 spiro atoms. The predicted molar refractivity (Wildman–Crippen MR) is 89.7 cm³/mol. The van der Waals surface area contributed by atoms with E-state index in [4.69, 9.17) is 4.74 Å². The van der Waals surface area contributed by atoms with Crippen molar-refractivity contribution in [3.8, 4) is 0 Å². The van der Waals surface area contributed by atoms with Crippen molar-refractivity contribution in [1.82, 2.24) is 4.31 Å². The molecule has 4 nitrogen and oxygen atoms in total. The Morgan fingerprint density at radius 2 is 1.78 bits per heavy atom. The topological polar surface area (TPSA) is 46.6 Å². The third kappa shape index (κ3) is 3.47. The highest BCUT2D eigenvalue weighted by Crippen LogP contribution is 2.26. The molecule has 1 unspecified atom stereocenters. The Morgan fingerprint density at radius 1 is 1.09 bits per heavy atom. The molecule has 0 amide bonds. The Balaban J connectivity index is 1.81. The molecule has 1 fully saturated rings. The summed E-state index contributed by atoms with van der Waals surface area (Å²) in [5.74, 6) is 0. The van der Waals surface area contributed by atoms with Crippen LogP contribution in [0.5, 0.6) is 0 Å². The van der Waals surface area contributed by atoms with Crippen molar-refractivity contribution in [3.63, 3.8) is 0 Å². The number of nitrogens with zero attached hydrogens (tertiary/aromatic N) is 1. The van der Waals surface area contributed by atoms with Crippen LogP contribution in [0.1, 0.15) is 24.2 Å². The summed E-state index contributed by atoms with van der Waals surface area (Å²) < 4.78 is 32.9. The minimum absolute atomic E-state index is 0.213. The maximum absolute atomic E-state index is 12.8. The second-order valence-electron chi connectivity index (χ2n) is 5.63. The normalized spacial score (nSPS) is 19.6. The van der Waals surface area contributed by atoms with Crippen LogP contribution in [0.15, 0.2) is 59.5 Å². The largest absolute Gasteiger partial charge is 0.371 e. The predicted octanol–water partition coefficient (Wildman–Crippen LogP) is 3.01. The standard InChI is InChI=1S/C18H21NO3S/c1-2-15-8-10-17(11-9-15)23(20,21)19-12-13-22-18(14-19)16-6-4-3-5-7-16/h3-11,18H,2,12-14H2,1H3. The molecule has 122 valence electrons. The summed E-state index contributed by atoms with van der Waals surface area (Å²) in [6, 6.07) is 16.9. The third-order valence-corrected chi connectivity index (χ3v) is 6.05. The van der Waals surface area contributed by atoms with E-state index in [0.29, 0.717) is 24.6 Å². The van der Waals surface area contributed by atoms with E-state index in [1.807, 2.05) is 42.5 Å². The molecule has 2 aromatic rings. The Bertz CT molecular complexity index is 742. The fourth-order valence-electron chi connectivity index (χ4n) is 2.76. The molecule has 1 aliphatic heterocycles. The van der Waals surface area contributed by atoms with E-state index in [0.717, 1.165) is 17.5 Å². The van der Waals surface area contributed by atoms with Crippen LogP contribution in [0.4, 0.5) is 0 Å². The van der Waals surface area contributed by atoms with Crippen LogP contribution in [0.2, 0.25) is 0 Å². The van der Waals surface area contributed by atoms with Crippen LogP contribution in [-0.2, 0) is 21.2 Å². The number of rotatable bonds is 4. The number of hydrogen-bond donors (Lipinski definition) is 0. The smallest absolute Gasteiger partial charge is 0.243 e. The quantitative estimate of drug-likeness (QED) is 0.865. The third-order valence-electron chi connectivity index (χ3n) is 4.17. The van der Waals surface area contributed by atoms with E-state index in [1.54, 1.807) is 12.1 Å². The van der Waals surface area contributed by atoms with Gasteiger partial charge in [-0.1, -0.05) is 49.4 Å². The van der Waals surface area contributed by atoms with Gasteiger partial charge in [-0.15, -0.1) is 0 Å². The van der Waals surface area contributed by atoms with Gasteiger partial charge in [0, 0.05) is 13.1 Å². The second kappa shape index (κ2) is 6.83. The summed E-state index contributed by atoms with van der Waals surface area (Å²) in [5, 5.41) is 0. The summed E-state index contributed by atoms with van der Waals surface area (Å²) in [4.78, 5) is 0.350. The first-order valence-electron chi connectivity index (χ1n) is 7.87. The Kier molecular flexibility index (Phi) is 4.80. The van der Waals surface area contributed by atoms with Gasteiger partial charge in [-0.25, -0.2) is 8.42 Å². The SMILES string of the molecule is CCc1ccc(S(=O)(=O)N2CCOC(c3ccccc3)C2)cc1. The van der Waals surface area contributed by atoms with Crippen molar-refractivity contribution in [2.45, 2.75) is 24.3 Å². The molecule has 1 aliphatic rings. The number of sulfonamides is 1. The molecule has 0 bridgehead atoms. The highest BCUT2D eigenvalue weighted by molar-refractivity contribution is 7.89. The van der Waals surface area contributed by atoms with Crippen LogP contribution in [0.25, 0.3) is 0 Å². The summed E-state index contributed by atoms with van der Waals surface area (Å²) >= 11 is 0. The van der Waals surface area contributed by atoms with Crippen molar-refractivity contribution in [3.05, 3.63) is 65.7 Å². The Labute approximate surface area is 137 Å². The fourth-order valence-corrected chi connectivity index (χ4v) is 4.18. The molecular formula is C18H21NO3S. The zero-order valence-corrected chi connectivity index (χ0v) is 14.0. The summed E-state index contributed by atoms with van der Waals surface area (Å²) in [6.45, 7) is 3.20. The number of aryl methyl sites for hydroxylation is 1. The van der Waals surface area contributed by atoms with Gasteiger partial charge in [0.1, 0.15) is 0 Å². The van der Waals surface area contributed by atoms with Crippen LogP contribution < -0.4 is 0 Å². The second-order valence-corrected chi connectivity index (χ2v) is 7.57. The van der Waals surface area contributed by atoms with Crippen molar-refractivity contribution < 1.29 is 13.2 Å². The first-order valence-corrected chi connectivity index (χ1v) is 9.31. The van der Waals surface area contributed by atoms with Crippen LogP contribution in [0.3, 0.4) is 0 Å². The van der Waals surface area contributed by atoms with Crippen molar-refractivity contribution in [2.75, 3.05) is 19.7 Å². The zero-order valence-electron chi connectivity index (χ0n) is 13.2. The number of morpholine rings is 1. The van der Waals surface area contributed by atoms with Gasteiger partial charge in [0.05, 0.1) is 17.6 Å². The van der Waals surface area contributed by atoms with Gasteiger partial charge in [-0.05, 0) is 29.7 Å². The van der Waals surface area contributed by atoms with Gasteiger partial charge in [-0.3, -0.25) is 0 Å². The molecule has 1 atom stereocenters. The molecule has 1 heterocycles. The van der Waals surface area contributed by atoms with E-state index in [2.05, 4.69) is 6.92 Å². The highest BCUT2D eigenvalue weighted by Gasteiger charge is 2.31. The average molecular weight is 331 g/mol. The molecule has 3 rings (SSSR count). The van der Waals surface area contributed by atoms with Crippen molar-refractivity contribution in [2.24, 2.45) is 0 Å². The monoisotopic (exact) mass is 331 g/mol. The van der Waals surface area contributed by atoms with Gasteiger partial charge in [0.2, 0.25) is 10.0 Å². The van der Waals surface area contributed by atoms with Gasteiger partial charge in [0.15, 0.2) is 0 Å². The first kappa shape index (κ1) is 16.2. The van der Waals surface area contributed by atoms with E-state index in [1.165, 1.54) is 4.31 Å². The maximum Gasteiger partial charge on any atom is 0.243 e. The summed E-state index contributed by atoms with van der Waals surface area (Å²) in [5.41, 5.74) is 2.14. The molecule has 2 aromatic carbocycles. The first-order chi connectivity index (χ1) is 11.1. The van der Waals surface area contributed by atoms with E-state index >= 15 is 0 Å². The van der Waals surface area contributed by atoms with Crippen LogP contribution >= 0.6 is 0 Å². The average Bonchev–Trinajstić information content (AvgIpc) is 2.62. The molecule has 1 saturated heterocycles. The molecule has 0 aliphatic carbocycles. The number of hydrogen-bond acceptors (Lipinski definition) is 3. The maximum atomic E-state index is 12.8. The molecular weight excluding hydrogens is 310 g/mol. The lowest BCUT2D eigenvalue weighted by atomic mass is 10.1. The van der Waals surface area contributed by atoms with Crippen LogP contribution in [-0.4, -0.2) is 32.4 Å². The van der Waals surface area contributed by atoms with Gasteiger partial charge < -0.3 is 4.74 Å². The molecule has 0 aromatic heterocycles. The Hall–Kier alpha value is -1.69. The van der Waals surface area contributed by atoms with Gasteiger partial charge in [0.25, 0.3) is 0 Å². The lowest BCUT2D eigenvalue weighted by Crippen LogP contribution is -2.42. The molecule has 5 heteroatoms. The minimum Gasteiger partial charge on any atom is -0.371 e. The fraction of sp³-hybridized carbons (Fsp3) is 0.333. The van der Waals surface area contributed by atoms with E-state index in [-0.39, 0.29) is 6.10 Å². The Morgan fingerprint density at radius 3 is 2.43 bits per heavy atom. The molecule has 23 heavy (non-hydrogen) atoms. The molecule has 0 saturated carbocycles. The summed E-state index contributed by atoms with van der Waals surface area (Å²) in [6.07, 6.45) is 0.683. The lowest BCUT2D eigenvalue weighted by Gasteiger charge is -2.32. The lowest BCUT2D eigenvalue weighted by molar-refractivity contribution is -0.00255. The highest BCUT2D eigenvalue weighted by atomic mass is 32.2. The summed E-state index contributed by atoms with van der Waals surface area (Å²) in [7, 11) is -3.47. The van der Waals surface area contributed by atoms with Crippen LogP contribution in [0, 0.1) is 0 Å². The van der Waals surface area contributed by atoms with Crippen molar-refractivity contribution >= 4 is 10.0 Å². The van der Waals surface area contributed by atoms with Gasteiger partial charge >= 0.3 is 0 Å².